The Morgan fingerprint density at radius 2 is 2.11 bits per heavy atom. The summed E-state index contributed by atoms with van der Waals surface area (Å²) in [5.74, 6) is 1.91. The summed E-state index contributed by atoms with van der Waals surface area (Å²) in [6, 6.07) is 0. The Labute approximate surface area is 113 Å². The van der Waals surface area contributed by atoms with Gasteiger partial charge in [-0.2, -0.15) is 12.6 Å². The summed E-state index contributed by atoms with van der Waals surface area (Å²) in [4.78, 5) is 18.5. The maximum atomic E-state index is 11.9. The zero-order chi connectivity index (χ0) is 12.5. The van der Waals surface area contributed by atoms with E-state index in [0.29, 0.717) is 18.7 Å². The number of carbonyl (C=O) groups is 1. The van der Waals surface area contributed by atoms with Crippen molar-refractivity contribution in [2.75, 3.05) is 12.3 Å². The first-order valence-corrected chi connectivity index (χ1v) is 7.38. The van der Waals surface area contributed by atoms with E-state index in [0.717, 1.165) is 31.8 Å². The van der Waals surface area contributed by atoms with Crippen molar-refractivity contribution in [3.63, 3.8) is 0 Å². The predicted molar refractivity (Wildman–Crippen MR) is 72.8 cm³/mol. The fourth-order valence-electron chi connectivity index (χ4n) is 2.98. The van der Waals surface area contributed by atoms with Gasteiger partial charge in [-0.15, -0.1) is 0 Å². The number of imidazole rings is 1. The number of aromatic nitrogens is 2. The van der Waals surface area contributed by atoms with Gasteiger partial charge in [-0.1, -0.05) is 0 Å². The van der Waals surface area contributed by atoms with Crippen LogP contribution in [0.25, 0.3) is 0 Å². The second-order valence-corrected chi connectivity index (χ2v) is 5.52. The fourth-order valence-corrected chi connectivity index (χ4v) is 3.17. The van der Waals surface area contributed by atoms with Crippen molar-refractivity contribution in [3.8, 4) is 0 Å². The lowest BCUT2D eigenvalue weighted by molar-refractivity contribution is -0.132. The highest BCUT2D eigenvalue weighted by Crippen LogP contribution is 2.25. The van der Waals surface area contributed by atoms with Gasteiger partial charge >= 0.3 is 0 Å². The van der Waals surface area contributed by atoms with Crippen LogP contribution in [0.1, 0.15) is 36.5 Å². The van der Waals surface area contributed by atoms with Gasteiger partial charge in [0.2, 0.25) is 5.91 Å². The number of fused-ring (bicyclic) bond motifs is 3. The molecule has 5 heteroatoms. The quantitative estimate of drug-likeness (QED) is 0.821. The first-order chi connectivity index (χ1) is 8.79. The van der Waals surface area contributed by atoms with Crippen molar-refractivity contribution >= 4 is 18.5 Å². The molecule has 1 amide bonds. The average molecular weight is 265 g/mol. The van der Waals surface area contributed by atoms with Crippen molar-refractivity contribution in [1.82, 2.24) is 14.5 Å². The van der Waals surface area contributed by atoms with E-state index in [1.165, 1.54) is 24.2 Å². The van der Waals surface area contributed by atoms with Gasteiger partial charge < -0.3 is 9.47 Å². The molecular weight excluding hydrogens is 246 g/mol. The van der Waals surface area contributed by atoms with E-state index in [1.807, 2.05) is 4.90 Å². The zero-order valence-corrected chi connectivity index (χ0v) is 11.5. The Hall–Kier alpha value is -0.970. The van der Waals surface area contributed by atoms with Gasteiger partial charge in [0.1, 0.15) is 5.82 Å². The monoisotopic (exact) mass is 265 g/mol. The molecule has 0 fully saturated rings. The molecule has 0 saturated heterocycles. The number of amides is 1. The third-order valence-corrected chi connectivity index (χ3v) is 4.14. The molecule has 4 nitrogen and oxygen atoms in total. The molecule has 0 spiro atoms. The van der Waals surface area contributed by atoms with Gasteiger partial charge in [-0.05, 0) is 31.4 Å². The maximum Gasteiger partial charge on any atom is 0.223 e. The van der Waals surface area contributed by atoms with Gasteiger partial charge in [0, 0.05) is 25.2 Å². The van der Waals surface area contributed by atoms with Crippen LogP contribution in [0.15, 0.2) is 0 Å². The first kappa shape index (κ1) is 12.1. The Morgan fingerprint density at radius 3 is 2.94 bits per heavy atom. The van der Waals surface area contributed by atoms with Gasteiger partial charge in [-0.25, -0.2) is 4.98 Å². The molecule has 0 bridgehead atoms. The minimum atomic E-state index is 0.206. The summed E-state index contributed by atoms with van der Waals surface area (Å²) in [7, 11) is 0. The van der Waals surface area contributed by atoms with E-state index in [1.54, 1.807) is 0 Å². The Morgan fingerprint density at radius 1 is 1.28 bits per heavy atom. The second-order valence-electron chi connectivity index (χ2n) is 5.07. The average Bonchev–Trinajstić information content (AvgIpc) is 2.76. The van der Waals surface area contributed by atoms with Gasteiger partial charge in [0.15, 0.2) is 0 Å². The summed E-state index contributed by atoms with van der Waals surface area (Å²) < 4.78 is 2.35. The third-order valence-electron chi connectivity index (χ3n) is 3.92. The third kappa shape index (κ3) is 2.05. The van der Waals surface area contributed by atoms with E-state index in [9.17, 15) is 4.79 Å². The van der Waals surface area contributed by atoms with Crippen LogP contribution < -0.4 is 0 Å². The Kier molecular flexibility index (Phi) is 3.33. The number of aryl methyl sites for hydroxylation is 1. The topological polar surface area (TPSA) is 38.1 Å². The molecule has 0 N–H and O–H groups in total. The molecule has 0 unspecified atom stereocenters. The number of hydrogen-bond donors (Lipinski definition) is 1. The van der Waals surface area contributed by atoms with Crippen LogP contribution in [0.3, 0.4) is 0 Å². The van der Waals surface area contributed by atoms with Gasteiger partial charge in [-0.3, -0.25) is 4.79 Å². The normalized spacial score (nSPS) is 18.4. The molecule has 3 rings (SSSR count). The molecule has 0 atom stereocenters. The van der Waals surface area contributed by atoms with Crippen molar-refractivity contribution in [1.29, 1.82) is 0 Å². The van der Waals surface area contributed by atoms with Crippen LogP contribution in [0, 0.1) is 0 Å². The number of hydrogen-bond acceptors (Lipinski definition) is 3. The maximum absolute atomic E-state index is 11.9. The molecule has 2 heterocycles. The fraction of sp³-hybridized carbons (Fsp3) is 0.692. The smallest absolute Gasteiger partial charge is 0.223 e. The summed E-state index contributed by atoms with van der Waals surface area (Å²) in [6.07, 6.45) is 5.34. The molecule has 0 radical (unpaired) electrons. The number of rotatable bonds is 2. The standard InChI is InChI=1S/C13H19N3OS/c17-13(5-8-18)15-6-7-16-11-4-2-1-3-10(11)14-12(16)9-15/h18H,1-9H2. The summed E-state index contributed by atoms with van der Waals surface area (Å²) in [5.41, 5.74) is 2.71. The molecule has 98 valence electrons. The minimum absolute atomic E-state index is 0.206. The molecule has 0 saturated carbocycles. The van der Waals surface area contributed by atoms with Gasteiger partial charge in [0.05, 0.1) is 12.2 Å². The van der Waals surface area contributed by atoms with E-state index in [2.05, 4.69) is 17.2 Å². The molecule has 1 aliphatic heterocycles. The highest BCUT2D eigenvalue weighted by Gasteiger charge is 2.26. The lowest BCUT2D eigenvalue weighted by Gasteiger charge is -2.28. The Balaban J connectivity index is 1.81. The molecule has 1 aromatic heterocycles. The SMILES string of the molecule is O=C(CCS)N1CCn2c(nc3c2CCCC3)C1. The summed E-state index contributed by atoms with van der Waals surface area (Å²) >= 11 is 4.13. The van der Waals surface area contributed by atoms with E-state index >= 15 is 0 Å². The number of nitrogens with zero attached hydrogens (tertiary/aromatic N) is 3. The molecular formula is C13H19N3OS. The number of carbonyl (C=O) groups excluding carboxylic acids is 1. The van der Waals surface area contributed by atoms with Gasteiger partial charge in [0.25, 0.3) is 0 Å². The summed E-state index contributed by atoms with van der Waals surface area (Å²) in [6.45, 7) is 2.41. The highest BCUT2D eigenvalue weighted by atomic mass is 32.1. The van der Waals surface area contributed by atoms with Crippen molar-refractivity contribution in [2.24, 2.45) is 0 Å². The van der Waals surface area contributed by atoms with Crippen molar-refractivity contribution < 1.29 is 4.79 Å². The Bertz CT molecular complexity index is 469. The molecule has 2 aliphatic rings. The first-order valence-electron chi connectivity index (χ1n) is 6.75. The van der Waals surface area contributed by atoms with E-state index in [-0.39, 0.29) is 5.91 Å². The molecule has 0 aromatic carbocycles. The minimum Gasteiger partial charge on any atom is -0.333 e. The number of thiol groups is 1. The van der Waals surface area contributed by atoms with E-state index < -0.39 is 0 Å². The lowest BCUT2D eigenvalue weighted by Crippen LogP contribution is -2.38. The predicted octanol–water partition coefficient (Wildman–Crippen LogP) is 1.42. The summed E-state index contributed by atoms with van der Waals surface area (Å²) in [5, 5.41) is 0. The molecule has 18 heavy (non-hydrogen) atoms. The van der Waals surface area contributed by atoms with Crippen LogP contribution in [-0.2, 0) is 30.7 Å². The van der Waals surface area contributed by atoms with Crippen molar-refractivity contribution in [2.45, 2.75) is 45.2 Å². The van der Waals surface area contributed by atoms with Crippen LogP contribution in [0.2, 0.25) is 0 Å². The second kappa shape index (κ2) is 4.96. The van der Waals surface area contributed by atoms with Crippen LogP contribution in [0.4, 0.5) is 0 Å². The molecule has 1 aromatic rings. The van der Waals surface area contributed by atoms with Crippen LogP contribution in [-0.4, -0.2) is 32.7 Å². The zero-order valence-electron chi connectivity index (χ0n) is 10.6. The lowest BCUT2D eigenvalue weighted by atomic mass is 10.0. The largest absolute Gasteiger partial charge is 0.333 e. The van der Waals surface area contributed by atoms with Crippen LogP contribution in [0.5, 0.6) is 0 Å². The molecule has 1 aliphatic carbocycles. The van der Waals surface area contributed by atoms with E-state index in [4.69, 9.17) is 4.98 Å². The van der Waals surface area contributed by atoms with Crippen LogP contribution >= 0.6 is 12.6 Å². The highest BCUT2D eigenvalue weighted by molar-refractivity contribution is 7.80. The van der Waals surface area contributed by atoms with Crippen molar-refractivity contribution in [3.05, 3.63) is 17.2 Å².